The number of benzene rings is 1. The van der Waals surface area contributed by atoms with Crippen molar-refractivity contribution in [1.82, 2.24) is 25.8 Å². The predicted octanol–water partition coefficient (Wildman–Crippen LogP) is 4.47. The topological polar surface area (TPSA) is 159 Å². The Bertz CT molecular complexity index is 1330. The van der Waals surface area contributed by atoms with E-state index in [4.69, 9.17) is 10.5 Å². The Labute approximate surface area is 273 Å². The molecule has 2 heterocycles. The van der Waals surface area contributed by atoms with E-state index in [1.165, 1.54) is 6.42 Å². The summed E-state index contributed by atoms with van der Waals surface area (Å²) in [6.45, 7) is 8.63. The van der Waals surface area contributed by atoms with Gasteiger partial charge in [0.05, 0.1) is 5.92 Å². The van der Waals surface area contributed by atoms with Gasteiger partial charge in [0.2, 0.25) is 11.8 Å². The number of amides is 4. The molecule has 2 aliphatic rings. The van der Waals surface area contributed by atoms with E-state index in [0.717, 1.165) is 42.1 Å². The summed E-state index contributed by atoms with van der Waals surface area (Å²) in [7, 11) is 0. The first-order valence-electron chi connectivity index (χ1n) is 17.1. The van der Waals surface area contributed by atoms with Gasteiger partial charge in [-0.3, -0.25) is 9.59 Å². The number of piperidine rings is 1. The molecule has 1 aliphatic heterocycles. The molecule has 0 radical (unpaired) electrons. The van der Waals surface area contributed by atoms with Crippen LogP contribution in [0.25, 0.3) is 10.9 Å². The SMILES string of the molecule is C[C@@H](c1c[nH]c2ccccc12)[C@H](NC(=O)C1CCCN(C(=O)NC2CCCCC2)C1)C(=O)N[C@@H](CCCCN)C(=O)OC(C)(C)C. The van der Waals surface area contributed by atoms with Gasteiger partial charge in [0.1, 0.15) is 17.7 Å². The number of carbonyl (C=O) groups is 4. The summed E-state index contributed by atoms with van der Waals surface area (Å²) >= 11 is 0. The van der Waals surface area contributed by atoms with Gasteiger partial charge in [-0.15, -0.1) is 0 Å². The highest BCUT2D eigenvalue weighted by molar-refractivity contribution is 5.93. The fourth-order valence-electron chi connectivity index (χ4n) is 6.60. The van der Waals surface area contributed by atoms with E-state index >= 15 is 0 Å². The molecule has 4 amide bonds. The fraction of sp³-hybridized carbons (Fsp3) is 0.657. The van der Waals surface area contributed by atoms with E-state index in [1.54, 1.807) is 25.7 Å². The van der Waals surface area contributed by atoms with E-state index in [2.05, 4.69) is 20.9 Å². The number of urea groups is 1. The van der Waals surface area contributed by atoms with Gasteiger partial charge in [-0.25, -0.2) is 9.59 Å². The number of H-pyrrole nitrogens is 1. The zero-order valence-corrected chi connectivity index (χ0v) is 28.0. The Balaban J connectivity index is 1.52. The van der Waals surface area contributed by atoms with E-state index in [0.29, 0.717) is 51.7 Å². The van der Waals surface area contributed by atoms with Crippen LogP contribution in [-0.4, -0.2) is 77.1 Å². The largest absolute Gasteiger partial charge is 0.458 e. The van der Waals surface area contributed by atoms with Gasteiger partial charge >= 0.3 is 12.0 Å². The second kappa shape index (κ2) is 16.3. The van der Waals surface area contributed by atoms with Crippen LogP contribution in [0.1, 0.15) is 103 Å². The molecule has 11 nitrogen and oxygen atoms in total. The first kappa shape index (κ1) is 35.3. The quantitative estimate of drug-likeness (QED) is 0.171. The molecule has 1 unspecified atom stereocenters. The van der Waals surface area contributed by atoms with E-state index in [-0.39, 0.29) is 18.0 Å². The van der Waals surface area contributed by atoms with Gasteiger partial charge in [0.15, 0.2) is 0 Å². The van der Waals surface area contributed by atoms with Crippen LogP contribution in [0.3, 0.4) is 0 Å². The highest BCUT2D eigenvalue weighted by Crippen LogP contribution is 2.29. The summed E-state index contributed by atoms with van der Waals surface area (Å²) < 4.78 is 5.65. The number of nitrogens with zero attached hydrogens (tertiary/aromatic N) is 1. The van der Waals surface area contributed by atoms with Crippen LogP contribution in [0.15, 0.2) is 30.5 Å². The van der Waals surface area contributed by atoms with Crippen molar-refractivity contribution in [2.75, 3.05) is 19.6 Å². The molecule has 1 saturated carbocycles. The van der Waals surface area contributed by atoms with Crippen molar-refractivity contribution in [3.05, 3.63) is 36.0 Å². The van der Waals surface area contributed by atoms with Crippen LogP contribution in [0.2, 0.25) is 0 Å². The normalized spacial score (nSPS) is 19.6. The molecular formula is C35H54N6O5. The van der Waals surface area contributed by atoms with Crippen molar-refractivity contribution in [1.29, 1.82) is 0 Å². The lowest BCUT2D eigenvalue weighted by Gasteiger charge is -2.35. The third-order valence-corrected chi connectivity index (χ3v) is 9.16. The molecule has 0 bridgehead atoms. The molecule has 2 fully saturated rings. The number of unbranched alkanes of at least 4 members (excludes halogenated alkanes) is 1. The summed E-state index contributed by atoms with van der Waals surface area (Å²) in [5, 5.41) is 10.1. The van der Waals surface area contributed by atoms with Gasteiger partial charge in [0.25, 0.3) is 0 Å². The lowest BCUT2D eigenvalue weighted by Crippen LogP contribution is -2.57. The van der Waals surface area contributed by atoms with Crippen molar-refractivity contribution in [3.63, 3.8) is 0 Å². The van der Waals surface area contributed by atoms with Crippen LogP contribution in [-0.2, 0) is 19.1 Å². The van der Waals surface area contributed by atoms with Gasteiger partial charge in [-0.1, -0.05) is 44.4 Å². The zero-order valence-electron chi connectivity index (χ0n) is 28.0. The Kier molecular flexibility index (Phi) is 12.5. The number of rotatable bonds is 12. The first-order valence-corrected chi connectivity index (χ1v) is 17.1. The Morgan fingerprint density at radius 3 is 2.48 bits per heavy atom. The molecule has 1 saturated heterocycles. The minimum absolute atomic E-state index is 0.122. The molecule has 11 heteroatoms. The number of likely N-dealkylation sites (tertiary alicyclic amines) is 1. The summed E-state index contributed by atoms with van der Waals surface area (Å²) in [6, 6.07) is 6.01. The third kappa shape index (κ3) is 9.70. The minimum Gasteiger partial charge on any atom is -0.458 e. The highest BCUT2D eigenvalue weighted by Gasteiger charge is 2.37. The highest BCUT2D eigenvalue weighted by atomic mass is 16.6. The molecule has 6 N–H and O–H groups in total. The van der Waals surface area contributed by atoms with E-state index in [1.807, 2.05) is 37.4 Å². The smallest absolute Gasteiger partial charge is 0.329 e. The van der Waals surface area contributed by atoms with Gasteiger partial charge in [-0.2, -0.15) is 0 Å². The summed E-state index contributed by atoms with van der Waals surface area (Å²) in [5.74, 6) is -2.15. The number of carbonyl (C=O) groups excluding carboxylic acids is 4. The zero-order chi connectivity index (χ0) is 33.3. The molecular weight excluding hydrogens is 584 g/mol. The maximum atomic E-state index is 14.1. The molecule has 254 valence electrons. The molecule has 4 rings (SSSR count). The maximum absolute atomic E-state index is 14.1. The van der Waals surface area contributed by atoms with Gasteiger partial charge in [-0.05, 0) is 83.9 Å². The van der Waals surface area contributed by atoms with Crippen LogP contribution in [0.5, 0.6) is 0 Å². The average molecular weight is 639 g/mol. The van der Waals surface area contributed by atoms with Crippen molar-refractivity contribution >= 4 is 34.7 Å². The Morgan fingerprint density at radius 1 is 1.02 bits per heavy atom. The minimum atomic E-state index is -0.974. The molecule has 2 aromatic rings. The fourth-order valence-corrected chi connectivity index (χ4v) is 6.60. The Morgan fingerprint density at radius 2 is 1.76 bits per heavy atom. The number of hydrogen-bond donors (Lipinski definition) is 5. The number of hydrogen-bond acceptors (Lipinski definition) is 6. The molecule has 4 atom stereocenters. The van der Waals surface area contributed by atoms with E-state index < -0.39 is 41.4 Å². The maximum Gasteiger partial charge on any atom is 0.329 e. The molecule has 0 spiro atoms. The van der Waals surface area contributed by atoms with Crippen molar-refractivity contribution in [2.45, 2.75) is 122 Å². The summed E-state index contributed by atoms with van der Waals surface area (Å²) in [5.41, 5.74) is 6.78. The number of fused-ring (bicyclic) bond motifs is 1. The lowest BCUT2D eigenvalue weighted by molar-refractivity contribution is -0.159. The van der Waals surface area contributed by atoms with Gasteiger partial charge < -0.3 is 36.3 Å². The first-order chi connectivity index (χ1) is 22.0. The average Bonchev–Trinajstić information content (AvgIpc) is 3.47. The second-order valence-electron chi connectivity index (χ2n) is 14.0. The van der Waals surface area contributed by atoms with Crippen molar-refractivity contribution < 1.29 is 23.9 Å². The molecule has 46 heavy (non-hydrogen) atoms. The number of para-hydroxylation sites is 1. The van der Waals surface area contributed by atoms with Crippen molar-refractivity contribution in [2.24, 2.45) is 11.7 Å². The standard InChI is InChI=1S/C35H54N6O5/c1-23(27-21-37-28-17-9-8-16-26(27)28)30(32(43)39-29(18-10-11-19-36)33(44)46-35(2,3)4)40-31(42)24-13-12-20-41(22-24)34(45)38-25-14-6-5-7-15-25/h8-9,16-17,21,23-25,29-30,37H,5-7,10-15,18-20,22,36H2,1-4H3,(H,38,45)(H,39,43)(H,40,42)/t23-,24?,29-,30-/m0/s1. The van der Waals surface area contributed by atoms with Crippen molar-refractivity contribution in [3.8, 4) is 0 Å². The second-order valence-corrected chi connectivity index (χ2v) is 14.0. The molecule has 1 aliphatic carbocycles. The predicted molar refractivity (Wildman–Crippen MR) is 179 cm³/mol. The number of aromatic amines is 1. The number of aromatic nitrogens is 1. The lowest BCUT2D eigenvalue weighted by atomic mass is 9.90. The third-order valence-electron chi connectivity index (χ3n) is 9.16. The van der Waals surface area contributed by atoms with Crippen LogP contribution < -0.4 is 21.7 Å². The molecule has 1 aromatic carbocycles. The van der Waals surface area contributed by atoms with Crippen LogP contribution >= 0.6 is 0 Å². The van der Waals surface area contributed by atoms with Crippen LogP contribution in [0.4, 0.5) is 4.79 Å². The number of esters is 1. The number of nitrogens with one attached hydrogen (secondary N) is 4. The van der Waals surface area contributed by atoms with Crippen LogP contribution in [0, 0.1) is 5.92 Å². The van der Waals surface area contributed by atoms with Gasteiger partial charge in [0, 0.05) is 42.1 Å². The number of nitrogens with two attached hydrogens (primary N) is 1. The number of ether oxygens (including phenoxy) is 1. The van der Waals surface area contributed by atoms with E-state index in [9.17, 15) is 19.2 Å². The monoisotopic (exact) mass is 638 g/mol. The summed E-state index contributed by atoms with van der Waals surface area (Å²) in [4.78, 5) is 59.3. The Hall–Kier alpha value is -3.60. The molecule has 1 aromatic heterocycles. The summed E-state index contributed by atoms with van der Waals surface area (Å²) in [6.07, 6.45) is 10.3.